The Bertz CT molecular complexity index is 347. The Morgan fingerprint density at radius 2 is 2.07 bits per heavy atom. The minimum Gasteiger partial charge on any atom is -0.493 e. The molecule has 0 aliphatic heterocycles. The number of carbonyl (C=O) groups excluding carboxylic acids is 1. The van der Waals surface area contributed by atoms with Gasteiger partial charge in [-0.05, 0) is 24.3 Å². The second kappa shape index (κ2) is 5.69. The number of rotatable bonds is 5. The third-order valence-electron chi connectivity index (χ3n) is 1.94. The quantitative estimate of drug-likeness (QED) is 0.615. The molecule has 2 atom stereocenters. The second-order valence-corrected chi connectivity index (χ2v) is 4.90. The molecule has 0 aliphatic rings. The van der Waals surface area contributed by atoms with Crippen molar-refractivity contribution >= 4 is 14.3 Å². The lowest BCUT2D eigenvalue weighted by atomic mass is 10.2. The molecule has 1 aromatic carbocycles. The summed E-state index contributed by atoms with van der Waals surface area (Å²) in [6.45, 7) is 1.86. The summed E-state index contributed by atoms with van der Waals surface area (Å²) < 4.78 is 16.0. The molecule has 0 saturated heterocycles. The maximum atomic E-state index is 10.7. The van der Waals surface area contributed by atoms with Gasteiger partial charge in [-0.2, -0.15) is 0 Å². The summed E-state index contributed by atoms with van der Waals surface area (Å²) >= 11 is 0. The van der Waals surface area contributed by atoms with Crippen LogP contribution in [0.4, 0.5) is 0 Å². The molecule has 0 amide bonds. The molecule has 0 aromatic heterocycles. The summed E-state index contributed by atoms with van der Waals surface area (Å²) in [7, 11) is -2.53. The largest absolute Gasteiger partial charge is 0.493 e. The highest BCUT2D eigenvalue weighted by molar-refractivity contribution is 7.38. The number of benzene rings is 1. The summed E-state index contributed by atoms with van der Waals surface area (Å²) in [5.74, 6) is 0.593. The molecule has 0 aliphatic carbocycles. The van der Waals surface area contributed by atoms with Crippen LogP contribution in [0.5, 0.6) is 5.75 Å². The van der Waals surface area contributed by atoms with Gasteiger partial charge in [-0.1, -0.05) is 6.92 Å². The van der Waals surface area contributed by atoms with Crippen molar-refractivity contribution in [3.05, 3.63) is 29.8 Å². The minimum absolute atomic E-state index is 0.203. The SMILES string of the molecule is CC(COc1ccc(C=O)cc1)[PH](=O)O. The average molecular weight is 228 g/mol. The van der Waals surface area contributed by atoms with Gasteiger partial charge in [-0.3, -0.25) is 9.36 Å². The van der Waals surface area contributed by atoms with E-state index >= 15 is 0 Å². The Morgan fingerprint density at radius 1 is 1.47 bits per heavy atom. The summed E-state index contributed by atoms with van der Waals surface area (Å²) in [5, 5.41) is 0. The molecule has 5 heteroatoms. The molecule has 15 heavy (non-hydrogen) atoms. The first-order valence-electron chi connectivity index (χ1n) is 4.54. The molecule has 1 N–H and O–H groups in total. The zero-order chi connectivity index (χ0) is 11.3. The van der Waals surface area contributed by atoms with Gasteiger partial charge >= 0.3 is 0 Å². The zero-order valence-electron chi connectivity index (χ0n) is 8.34. The fraction of sp³-hybridized carbons (Fsp3) is 0.300. The van der Waals surface area contributed by atoms with E-state index in [0.29, 0.717) is 11.3 Å². The van der Waals surface area contributed by atoms with Crippen LogP contribution in [0.3, 0.4) is 0 Å². The topological polar surface area (TPSA) is 63.6 Å². The highest BCUT2D eigenvalue weighted by Crippen LogP contribution is 2.22. The summed E-state index contributed by atoms with van der Waals surface area (Å²) in [4.78, 5) is 19.2. The van der Waals surface area contributed by atoms with Crippen LogP contribution in [0.15, 0.2) is 24.3 Å². The van der Waals surface area contributed by atoms with Crippen molar-refractivity contribution < 1.29 is 19.0 Å². The first kappa shape index (κ1) is 12.0. The number of aldehydes is 1. The molecular weight excluding hydrogens is 215 g/mol. The average Bonchev–Trinajstić information content (AvgIpc) is 2.26. The highest BCUT2D eigenvalue weighted by Gasteiger charge is 2.08. The lowest BCUT2D eigenvalue weighted by molar-refractivity contribution is 0.112. The van der Waals surface area contributed by atoms with Gasteiger partial charge < -0.3 is 9.63 Å². The van der Waals surface area contributed by atoms with E-state index in [1.165, 1.54) is 0 Å². The van der Waals surface area contributed by atoms with E-state index in [-0.39, 0.29) is 12.3 Å². The minimum atomic E-state index is -2.53. The zero-order valence-corrected chi connectivity index (χ0v) is 9.34. The van der Waals surface area contributed by atoms with Gasteiger partial charge in [0.05, 0.1) is 12.3 Å². The molecule has 0 heterocycles. The Morgan fingerprint density at radius 3 is 2.53 bits per heavy atom. The van der Waals surface area contributed by atoms with E-state index in [0.717, 1.165) is 6.29 Å². The Kier molecular flexibility index (Phi) is 4.53. The van der Waals surface area contributed by atoms with Crippen molar-refractivity contribution in [2.75, 3.05) is 6.61 Å². The van der Waals surface area contributed by atoms with Gasteiger partial charge in [0.25, 0.3) is 0 Å². The van der Waals surface area contributed by atoms with Crippen LogP contribution in [-0.4, -0.2) is 23.4 Å². The van der Waals surface area contributed by atoms with Gasteiger partial charge in [-0.25, -0.2) is 0 Å². The molecule has 0 spiro atoms. The third-order valence-corrected chi connectivity index (χ3v) is 2.95. The van der Waals surface area contributed by atoms with Crippen molar-refractivity contribution in [2.24, 2.45) is 0 Å². The van der Waals surface area contributed by atoms with Crippen LogP contribution in [0.2, 0.25) is 0 Å². The monoisotopic (exact) mass is 228 g/mol. The van der Waals surface area contributed by atoms with Crippen LogP contribution in [0.25, 0.3) is 0 Å². The molecule has 2 unspecified atom stereocenters. The molecule has 0 fully saturated rings. The highest BCUT2D eigenvalue weighted by atomic mass is 31.1. The molecule has 0 bridgehead atoms. The fourth-order valence-corrected chi connectivity index (χ4v) is 1.16. The molecule has 1 rings (SSSR count). The lowest BCUT2D eigenvalue weighted by Gasteiger charge is -2.09. The summed E-state index contributed by atoms with van der Waals surface area (Å²) in [6, 6.07) is 6.58. The molecule has 82 valence electrons. The summed E-state index contributed by atoms with van der Waals surface area (Å²) in [5.41, 5.74) is 0.215. The molecule has 0 saturated carbocycles. The van der Waals surface area contributed by atoms with Crippen LogP contribution < -0.4 is 4.74 Å². The number of hydrogen-bond acceptors (Lipinski definition) is 3. The number of hydrogen-bond donors (Lipinski definition) is 1. The van der Waals surface area contributed by atoms with E-state index in [1.54, 1.807) is 31.2 Å². The lowest BCUT2D eigenvalue weighted by Crippen LogP contribution is -2.09. The van der Waals surface area contributed by atoms with Crippen molar-refractivity contribution in [1.82, 2.24) is 0 Å². The smallest absolute Gasteiger partial charge is 0.195 e. The predicted molar refractivity (Wildman–Crippen MR) is 58.0 cm³/mol. The first-order chi connectivity index (χ1) is 7.13. The van der Waals surface area contributed by atoms with E-state index in [4.69, 9.17) is 9.63 Å². The maximum absolute atomic E-state index is 10.7. The number of carbonyl (C=O) groups is 1. The van der Waals surface area contributed by atoms with Gasteiger partial charge in [-0.15, -0.1) is 0 Å². The van der Waals surface area contributed by atoms with Crippen molar-refractivity contribution in [1.29, 1.82) is 0 Å². The maximum Gasteiger partial charge on any atom is 0.195 e. The van der Waals surface area contributed by atoms with Crippen LogP contribution >= 0.6 is 8.03 Å². The van der Waals surface area contributed by atoms with E-state index in [2.05, 4.69) is 0 Å². The predicted octanol–water partition coefficient (Wildman–Crippen LogP) is 1.73. The van der Waals surface area contributed by atoms with Crippen molar-refractivity contribution in [3.8, 4) is 5.75 Å². The second-order valence-electron chi connectivity index (χ2n) is 3.24. The van der Waals surface area contributed by atoms with E-state index in [9.17, 15) is 9.36 Å². The van der Waals surface area contributed by atoms with E-state index in [1.807, 2.05) is 0 Å². The normalized spacial score (nSPS) is 14.3. The van der Waals surface area contributed by atoms with Gasteiger partial charge in [0.2, 0.25) is 0 Å². The first-order valence-corrected chi connectivity index (χ1v) is 5.97. The van der Waals surface area contributed by atoms with E-state index < -0.39 is 8.03 Å². The fourth-order valence-electron chi connectivity index (χ4n) is 0.935. The van der Waals surface area contributed by atoms with Crippen molar-refractivity contribution in [2.45, 2.75) is 12.6 Å². The standard InChI is InChI=1S/C10H13O4P/c1-8(15(12)13)7-14-10-4-2-9(6-11)3-5-10/h2-6,8,15H,7H2,1H3,(H,12,13). The molecular formula is C10H13O4P. The third kappa shape index (κ3) is 3.86. The van der Waals surface area contributed by atoms with Gasteiger partial charge in [0.1, 0.15) is 12.0 Å². The van der Waals surface area contributed by atoms with Crippen LogP contribution in [-0.2, 0) is 4.57 Å². The molecule has 4 nitrogen and oxygen atoms in total. The summed E-state index contributed by atoms with van der Waals surface area (Å²) in [6.07, 6.45) is 0.749. The molecule has 1 aromatic rings. The van der Waals surface area contributed by atoms with Crippen LogP contribution in [0, 0.1) is 0 Å². The van der Waals surface area contributed by atoms with Crippen LogP contribution in [0.1, 0.15) is 17.3 Å². The van der Waals surface area contributed by atoms with Gasteiger partial charge in [0, 0.05) is 5.56 Å². The Hall–Kier alpha value is -1.12. The van der Waals surface area contributed by atoms with Crippen molar-refractivity contribution in [3.63, 3.8) is 0 Å². The Balaban J connectivity index is 2.51. The Labute approximate surface area is 88.8 Å². The number of ether oxygens (including phenoxy) is 1. The molecule has 0 radical (unpaired) electrons. The van der Waals surface area contributed by atoms with Gasteiger partial charge in [0.15, 0.2) is 8.03 Å².